The van der Waals surface area contributed by atoms with Crippen LogP contribution >= 0.6 is 27.5 Å². The maximum Gasteiger partial charge on any atom is 0.275 e. The van der Waals surface area contributed by atoms with Crippen molar-refractivity contribution in [1.82, 2.24) is 20.0 Å². The van der Waals surface area contributed by atoms with Crippen molar-refractivity contribution in [2.75, 3.05) is 10.0 Å². The van der Waals surface area contributed by atoms with Crippen LogP contribution in [-0.4, -0.2) is 34.3 Å². The van der Waals surface area contributed by atoms with Crippen LogP contribution in [0.3, 0.4) is 0 Å². The number of carbonyl (C=O) groups excluding carboxylic acids is 1. The molecular weight excluding hydrogens is 472 g/mol. The van der Waals surface area contributed by atoms with Crippen molar-refractivity contribution in [2.45, 2.75) is 18.4 Å². The molecular formula is C16H14BrClN6O3S. The Kier molecular flexibility index (Phi) is 5.96. The number of amides is 1. The highest BCUT2D eigenvalue weighted by Crippen LogP contribution is 2.20. The summed E-state index contributed by atoms with van der Waals surface area (Å²) in [6.45, 7) is 2.40. The van der Waals surface area contributed by atoms with Gasteiger partial charge in [0.1, 0.15) is 5.69 Å². The first kappa shape index (κ1) is 20.2. The number of hydrogen-bond acceptors (Lipinski definition) is 6. The van der Waals surface area contributed by atoms with Gasteiger partial charge in [0, 0.05) is 12.2 Å². The molecule has 0 fully saturated rings. The van der Waals surface area contributed by atoms with Crippen molar-refractivity contribution < 1.29 is 13.2 Å². The summed E-state index contributed by atoms with van der Waals surface area (Å²) in [5.74, 6) is -0.323. The summed E-state index contributed by atoms with van der Waals surface area (Å²) in [7, 11) is -3.86. The molecule has 0 bridgehead atoms. The predicted molar refractivity (Wildman–Crippen MR) is 108 cm³/mol. The molecule has 2 aromatic heterocycles. The van der Waals surface area contributed by atoms with Crippen molar-refractivity contribution in [3.63, 3.8) is 0 Å². The number of rotatable bonds is 6. The summed E-state index contributed by atoms with van der Waals surface area (Å²) in [5.41, 5.74) is 0.813. The third kappa shape index (κ3) is 4.49. The van der Waals surface area contributed by atoms with Crippen LogP contribution in [0, 0.1) is 0 Å². The van der Waals surface area contributed by atoms with E-state index in [0.29, 0.717) is 22.4 Å². The van der Waals surface area contributed by atoms with E-state index in [1.807, 2.05) is 6.92 Å². The normalized spacial score (nSPS) is 11.2. The maximum atomic E-state index is 12.5. The van der Waals surface area contributed by atoms with Gasteiger partial charge >= 0.3 is 0 Å². The smallest absolute Gasteiger partial charge is 0.275 e. The Morgan fingerprint density at radius 3 is 2.50 bits per heavy atom. The van der Waals surface area contributed by atoms with Crippen molar-refractivity contribution in [3.05, 3.63) is 57.9 Å². The van der Waals surface area contributed by atoms with Gasteiger partial charge in [0.05, 0.1) is 15.6 Å². The second kappa shape index (κ2) is 8.25. The number of nitrogens with one attached hydrogen (secondary N) is 2. The molecule has 12 heteroatoms. The number of nitrogens with zero attached hydrogens (tertiary/aromatic N) is 4. The van der Waals surface area contributed by atoms with Crippen LogP contribution in [0.5, 0.6) is 0 Å². The van der Waals surface area contributed by atoms with Crippen LogP contribution in [0.1, 0.15) is 17.4 Å². The van der Waals surface area contributed by atoms with Crippen molar-refractivity contribution >= 4 is 55.0 Å². The van der Waals surface area contributed by atoms with E-state index in [4.69, 9.17) is 11.6 Å². The first-order valence-corrected chi connectivity index (χ1v) is 10.6. The highest BCUT2D eigenvalue weighted by Gasteiger charge is 2.18. The molecule has 28 heavy (non-hydrogen) atoms. The second-order valence-electron chi connectivity index (χ2n) is 5.48. The topological polar surface area (TPSA) is 119 Å². The molecule has 0 saturated carbocycles. The summed E-state index contributed by atoms with van der Waals surface area (Å²) < 4.78 is 29.3. The van der Waals surface area contributed by atoms with Crippen LogP contribution in [0.2, 0.25) is 5.15 Å². The molecule has 3 rings (SSSR count). The van der Waals surface area contributed by atoms with E-state index in [2.05, 4.69) is 41.3 Å². The summed E-state index contributed by atoms with van der Waals surface area (Å²) in [5, 5.41) is 14.2. The molecule has 9 nitrogen and oxygen atoms in total. The zero-order valence-corrected chi connectivity index (χ0v) is 17.6. The fourth-order valence-electron chi connectivity index (χ4n) is 2.30. The van der Waals surface area contributed by atoms with Crippen LogP contribution in [-0.2, 0) is 16.6 Å². The van der Waals surface area contributed by atoms with Crippen LogP contribution in [0.15, 0.2) is 52.0 Å². The van der Waals surface area contributed by atoms with Gasteiger partial charge in [-0.15, -0.1) is 10.2 Å². The van der Waals surface area contributed by atoms with Crippen molar-refractivity contribution in [1.29, 1.82) is 0 Å². The second-order valence-corrected chi connectivity index (χ2v) is 8.41. The van der Waals surface area contributed by atoms with E-state index in [9.17, 15) is 13.2 Å². The monoisotopic (exact) mass is 484 g/mol. The largest absolute Gasteiger partial charge is 0.321 e. The van der Waals surface area contributed by atoms with E-state index < -0.39 is 10.0 Å². The van der Waals surface area contributed by atoms with Gasteiger partial charge in [-0.2, -0.15) is 5.10 Å². The highest BCUT2D eigenvalue weighted by atomic mass is 79.9. The van der Waals surface area contributed by atoms with Gasteiger partial charge in [-0.25, -0.2) is 8.42 Å². The number of aromatic nitrogens is 4. The van der Waals surface area contributed by atoms with E-state index >= 15 is 0 Å². The summed E-state index contributed by atoms with van der Waals surface area (Å²) in [4.78, 5) is 12.5. The number of carbonyl (C=O) groups is 1. The summed E-state index contributed by atoms with van der Waals surface area (Å²) >= 11 is 8.93. The molecule has 2 heterocycles. The minimum atomic E-state index is -3.86. The summed E-state index contributed by atoms with van der Waals surface area (Å²) in [6, 6.07) is 8.53. The Morgan fingerprint density at radius 2 is 1.89 bits per heavy atom. The number of sulfonamides is 1. The van der Waals surface area contributed by atoms with Crippen LogP contribution in [0.4, 0.5) is 11.5 Å². The minimum absolute atomic E-state index is 0.00188. The summed E-state index contributed by atoms with van der Waals surface area (Å²) in [6.07, 6.45) is 1.54. The molecule has 0 aliphatic rings. The van der Waals surface area contributed by atoms with E-state index in [1.54, 1.807) is 10.9 Å². The van der Waals surface area contributed by atoms with Crippen LogP contribution in [0.25, 0.3) is 0 Å². The Bertz CT molecular complexity index is 1100. The van der Waals surface area contributed by atoms with Gasteiger partial charge in [0.25, 0.3) is 15.9 Å². The Labute approximate surface area is 174 Å². The van der Waals surface area contributed by atoms with E-state index in [0.717, 1.165) is 0 Å². The molecule has 0 saturated heterocycles. The standard InChI is InChI=1S/C16H14BrClN6O3S/c1-2-24-15(12(17)9-19-24)16(25)20-10-3-5-11(6-4-10)28(26,27)23-14-8-7-13(18)21-22-14/h3-9H,2H2,1H3,(H,20,25)(H,22,23). The lowest BCUT2D eigenvalue weighted by Gasteiger charge is -2.09. The Balaban J connectivity index is 1.74. The molecule has 0 radical (unpaired) electrons. The molecule has 3 aromatic rings. The highest BCUT2D eigenvalue weighted by molar-refractivity contribution is 9.10. The van der Waals surface area contributed by atoms with Gasteiger partial charge in [0.2, 0.25) is 0 Å². The molecule has 0 aliphatic heterocycles. The minimum Gasteiger partial charge on any atom is -0.321 e. The SMILES string of the molecule is CCn1ncc(Br)c1C(=O)Nc1ccc(S(=O)(=O)Nc2ccc(Cl)nn2)cc1. The number of hydrogen-bond donors (Lipinski definition) is 2. The number of halogens is 2. The predicted octanol–water partition coefficient (Wildman–Crippen LogP) is 3.16. The third-order valence-corrected chi connectivity index (χ3v) is 5.76. The fraction of sp³-hybridized carbons (Fsp3) is 0.125. The quantitative estimate of drug-likeness (QED) is 0.553. The molecule has 0 aliphatic carbocycles. The molecule has 0 unspecified atom stereocenters. The number of benzene rings is 1. The lowest BCUT2D eigenvalue weighted by Crippen LogP contribution is -2.18. The number of anilines is 2. The van der Waals surface area contributed by atoms with Gasteiger partial charge in [-0.3, -0.25) is 14.2 Å². The average molecular weight is 486 g/mol. The van der Waals surface area contributed by atoms with E-state index in [1.165, 1.54) is 36.4 Å². The van der Waals surface area contributed by atoms with Gasteiger partial charge in [-0.1, -0.05) is 11.6 Å². The molecule has 146 valence electrons. The first-order chi connectivity index (χ1) is 13.3. The molecule has 0 atom stereocenters. The molecule has 1 amide bonds. The van der Waals surface area contributed by atoms with Gasteiger partial charge in [0.15, 0.2) is 11.0 Å². The fourth-order valence-corrected chi connectivity index (χ4v) is 3.88. The third-order valence-electron chi connectivity index (χ3n) is 3.60. The lowest BCUT2D eigenvalue weighted by molar-refractivity contribution is 0.101. The lowest BCUT2D eigenvalue weighted by atomic mass is 10.3. The van der Waals surface area contributed by atoms with E-state index in [-0.39, 0.29) is 21.8 Å². The Morgan fingerprint density at radius 1 is 1.18 bits per heavy atom. The van der Waals surface area contributed by atoms with Crippen LogP contribution < -0.4 is 10.0 Å². The average Bonchev–Trinajstić information content (AvgIpc) is 3.04. The zero-order valence-electron chi connectivity index (χ0n) is 14.4. The zero-order chi connectivity index (χ0) is 20.3. The first-order valence-electron chi connectivity index (χ1n) is 7.95. The van der Waals surface area contributed by atoms with Crippen molar-refractivity contribution in [2.24, 2.45) is 0 Å². The van der Waals surface area contributed by atoms with Crippen molar-refractivity contribution in [3.8, 4) is 0 Å². The maximum absolute atomic E-state index is 12.5. The molecule has 2 N–H and O–H groups in total. The Hall–Kier alpha value is -2.50. The molecule has 0 spiro atoms. The number of aryl methyl sites for hydroxylation is 1. The van der Waals surface area contributed by atoms with Gasteiger partial charge in [-0.05, 0) is 59.3 Å². The molecule has 1 aromatic carbocycles. The van der Waals surface area contributed by atoms with Gasteiger partial charge < -0.3 is 5.32 Å².